The van der Waals surface area contributed by atoms with Crippen LogP contribution in [0.3, 0.4) is 0 Å². The fraction of sp³-hybridized carbons (Fsp3) is 0.344. The predicted molar refractivity (Wildman–Crippen MR) is 172 cm³/mol. The number of aliphatic carboxylic acids is 1. The van der Waals surface area contributed by atoms with E-state index in [2.05, 4.69) is 19.8 Å². The first-order valence-corrected chi connectivity index (χ1v) is 16.4. The van der Waals surface area contributed by atoms with Crippen LogP contribution < -0.4 is 9.31 Å². The average Bonchev–Trinajstić information content (AvgIpc) is 3.70. The highest BCUT2D eigenvalue weighted by Gasteiger charge is 2.33. The number of carboxylic acids is 1. The number of alkyl halides is 1. The van der Waals surface area contributed by atoms with Crippen molar-refractivity contribution in [3.05, 3.63) is 77.6 Å². The van der Waals surface area contributed by atoms with Crippen molar-refractivity contribution in [1.82, 2.24) is 19.9 Å². The molecular weight excluding hydrogens is 653 g/mol. The van der Waals surface area contributed by atoms with E-state index in [1.807, 2.05) is 24.3 Å². The lowest BCUT2D eigenvalue weighted by Crippen LogP contribution is -2.47. The molecule has 48 heavy (non-hydrogen) atoms. The van der Waals surface area contributed by atoms with Crippen molar-refractivity contribution in [3.8, 4) is 11.1 Å². The number of carboxylic acid groups (broad SMARTS) is 1. The van der Waals surface area contributed by atoms with Crippen LogP contribution in [0.4, 0.5) is 24.5 Å². The average molecular weight is 687 g/mol. The Labute approximate surface area is 275 Å². The third-order valence-corrected chi connectivity index (χ3v) is 9.31. The number of hydrazine groups is 1. The van der Waals surface area contributed by atoms with Crippen LogP contribution in [0.1, 0.15) is 22.3 Å². The van der Waals surface area contributed by atoms with Gasteiger partial charge in [0.2, 0.25) is 16.7 Å². The number of rotatable bonds is 12. The van der Waals surface area contributed by atoms with E-state index in [4.69, 9.17) is 9.84 Å². The first kappa shape index (κ1) is 33.4. The van der Waals surface area contributed by atoms with Gasteiger partial charge in [0.25, 0.3) is 0 Å². The van der Waals surface area contributed by atoms with E-state index in [-0.39, 0.29) is 31.7 Å². The zero-order chi connectivity index (χ0) is 33.9. The van der Waals surface area contributed by atoms with Gasteiger partial charge in [0.1, 0.15) is 29.9 Å². The topological polar surface area (TPSA) is 139 Å². The Bertz CT molecular complexity index is 1890. The molecule has 0 saturated carbocycles. The van der Waals surface area contributed by atoms with Crippen molar-refractivity contribution in [2.24, 2.45) is 0 Å². The lowest BCUT2D eigenvalue weighted by Gasteiger charge is -2.36. The molecule has 0 radical (unpaired) electrons. The minimum absolute atomic E-state index is 0.00645. The molecule has 0 amide bonds. The minimum Gasteiger partial charge on any atom is -0.480 e. The monoisotopic (exact) mass is 686 g/mol. The molecule has 0 unspecified atom stereocenters. The summed E-state index contributed by atoms with van der Waals surface area (Å²) in [5, 5.41) is 10.1. The Morgan fingerprint density at radius 2 is 1.79 bits per heavy atom. The van der Waals surface area contributed by atoms with Gasteiger partial charge < -0.3 is 19.7 Å². The molecule has 2 aromatic heterocycles. The van der Waals surface area contributed by atoms with Crippen LogP contribution in [0.5, 0.6) is 0 Å². The number of anilines is 2. The zero-order valence-corrected chi connectivity index (χ0v) is 26.5. The van der Waals surface area contributed by atoms with Crippen LogP contribution in [-0.4, -0.2) is 110 Å². The molecule has 2 saturated heterocycles. The molecule has 0 spiro atoms. The number of pyridine rings is 1. The summed E-state index contributed by atoms with van der Waals surface area (Å²) in [6.07, 6.45) is 1.66. The van der Waals surface area contributed by atoms with Gasteiger partial charge in [-0.1, -0.05) is 12.1 Å². The molecule has 2 fully saturated rings. The molecule has 0 bridgehead atoms. The van der Waals surface area contributed by atoms with Crippen LogP contribution in [0.2, 0.25) is 0 Å². The van der Waals surface area contributed by atoms with E-state index >= 15 is 8.78 Å². The number of ketones is 1. The number of piperazine rings is 1. The highest BCUT2D eigenvalue weighted by molar-refractivity contribution is 7.73. The number of H-pyrrole nitrogens is 1. The minimum atomic E-state index is -3.47. The summed E-state index contributed by atoms with van der Waals surface area (Å²) in [5.74, 6) is -4.54. The fourth-order valence-electron chi connectivity index (χ4n) is 6.05. The van der Waals surface area contributed by atoms with Crippen molar-refractivity contribution in [2.75, 3.05) is 68.3 Å². The number of aromatic nitrogens is 2. The van der Waals surface area contributed by atoms with Crippen molar-refractivity contribution >= 4 is 45.1 Å². The second-order valence-electron chi connectivity index (χ2n) is 11.6. The van der Waals surface area contributed by atoms with Gasteiger partial charge in [0.15, 0.2) is 5.82 Å². The normalized spacial score (nSPS) is 17.4. The third-order valence-electron chi connectivity index (χ3n) is 8.54. The van der Waals surface area contributed by atoms with Gasteiger partial charge in [-0.25, -0.2) is 36.4 Å². The summed E-state index contributed by atoms with van der Waals surface area (Å²) in [7, 11) is -3.47. The van der Waals surface area contributed by atoms with Gasteiger partial charge >= 0.3 is 5.97 Å². The number of nitrogens with one attached hydrogen (secondary N) is 1. The molecule has 2 aliphatic heterocycles. The number of carbonyl (C=O) groups excluding carboxylic acids is 1. The SMILES string of the molecule is O=C(O)COCCN1CCN(c2ccc(-c3cnc4[nH]cc(C(=O)c5c(F)ccc(N(N6CC[C@@H](F)C6)[SH](=O)=O)c5F)c4c3)cc2)CC1. The van der Waals surface area contributed by atoms with Gasteiger partial charge in [-0.15, -0.1) is 0 Å². The Morgan fingerprint density at radius 3 is 2.46 bits per heavy atom. The lowest BCUT2D eigenvalue weighted by atomic mass is 9.99. The summed E-state index contributed by atoms with van der Waals surface area (Å²) in [4.78, 5) is 36.0. The number of aromatic amines is 1. The molecule has 4 heterocycles. The molecule has 6 rings (SSSR count). The molecule has 16 heteroatoms. The highest BCUT2D eigenvalue weighted by atomic mass is 32.2. The van der Waals surface area contributed by atoms with Crippen molar-refractivity contribution in [3.63, 3.8) is 0 Å². The molecule has 2 aromatic carbocycles. The summed E-state index contributed by atoms with van der Waals surface area (Å²) in [6, 6.07) is 11.2. The summed E-state index contributed by atoms with van der Waals surface area (Å²) in [6.45, 7) is 3.60. The molecule has 4 aromatic rings. The maximum atomic E-state index is 15.8. The van der Waals surface area contributed by atoms with Crippen LogP contribution in [-0.2, 0) is 20.4 Å². The van der Waals surface area contributed by atoms with E-state index in [9.17, 15) is 22.4 Å². The number of halogens is 3. The second kappa shape index (κ2) is 14.3. The van der Waals surface area contributed by atoms with Crippen LogP contribution >= 0.6 is 0 Å². The highest BCUT2D eigenvalue weighted by Crippen LogP contribution is 2.32. The number of benzene rings is 2. The van der Waals surface area contributed by atoms with Gasteiger partial charge in [0, 0.05) is 73.9 Å². The van der Waals surface area contributed by atoms with E-state index in [1.54, 1.807) is 12.3 Å². The lowest BCUT2D eigenvalue weighted by molar-refractivity contribution is -0.142. The van der Waals surface area contributed by atoms with E-state index in [1.165, 1.54) is 6.20 Å². The Balaban J connectivity index is 1.20. The standard InChI is InChI=1S/C32H33F3N6O6S/c33-22-7-8-40(18-22)41(48(45)46)27-6-5-26(34)29(30(27)35)31(44)25-17-37-32-24(25)15-21(16-36-32)20-1-3-23(4-2-20)39-11-9-38(10-12-39)13-14-47-19-28(42)43/h1-6,15-17,22,48H,7-14,18-19H2,(H,36,37)(H,42,43)/t22-/m1/s1. The zero-order valence-electron chi connectivity index (χ0n) is 25.7. The Hall–Kier alpha value is -4.51. The quantitative estimate of drug-likeness (QED) is 0.116. The summed E-state index contributed by atoms with van der Waals surface area (Å²) in [5.41, 5.74) is 1.23. The van der Waals surface area contributed by atoms with Crippen LogP contribution in [0.15, 0.2) is 54.9 Å². The number of nitrogens with zero attached hydrogens (tertiary/aromatic N) is 5. The molecular formula is C32H33F3N6O6S. The number of hydrogen-bond donors (Lipinski definition) is 3. The Kier molecular flexibility index (Phi) is 9.96. The Morgan fingerprint density at radius 1 is 1.04 bits per heavy atom. The molecule has 0 aliphatic carbocycles. The molecule has 12 nitrogen and oxygen atoms in total. The largest absolute Gasteiger partial charge is 0.480 e. The van der Waals surface area contributed by atoms with Gasteiger partial charge in [-0.2, -0.15) is 4.41 Å². The van der Waals surface area contributed by atoms with Crippen molar-refractivity contribution in [2.45, 2.75) is 12.6 Å². The van der Waals surface area contributed by atoms with Crippen molar-refractivity contribution in [1.29, 1.82) is 0 Å². The van der Waals surface area contributed by atoms with Crippen molar-refractivity contribution < 1.29 is 41.0 Å². The van der Waals surface area contributed by atoms with Gasteiger partial charge in [-0.3, -0.25) is 9.69 Å². The maximum absolute atomic E-state index is 15.8. The number of carbonyl (C=O) groups is 2. The maximum Gasteiger partial charge on any atom is 0.329 e. The molecule has 254 valence electrons. The van der Waals surface area contributed by atoms with Gasteiger partial charge in [-0.05, 0) is 42.3 Å². The van der Waals surface area contributed by atoms with Crippen LogP contribution in [0, 0.1) is 11.6 Å². The summed E-state index contributed by atoms with van der Waals surface area (Å²) < 4.78 is 74.6. The van der Waals surface area contributed by atoms with Crippen LogP contribution in [0.25, 0.3) is 22.2 Å². The summed E-state index contributed by atoms with van der Waals surface area (Å²) >= 11 is 0. The first-order valence-electron chi connectivity index (χ1n) is 15.3. The number of ether oxygens (including phenoxy) is 1. The first-order chi connectivity index (χ1) is 23.1. The number of thiol groups is 1. The number of fused-ring (bicyclic) bond motifs is 1. The fourth-order valence-corrected chi connectivity index (χ4v) is 6.75. The smallest absolute Gasteiger partial charge is 0.329 e. The van der Waals surface area contributed by atoms with E-state index in [0.717, 1.165) is 54.6 Å². The van der Waals surface area contributed by atoms with E-state index < -0.39 is 51.7 Å². The van der Waals surface area contributed by atoms with Gasteiger partial charge in [0.05, 0.1) is 18.7 Å². The number of hydrogen-bond acceptors (Lipinski definition) is 9. The second-order valence-corrected chi connectivity index (χ2v) is 12.4. The van der Waals surface area contributed by atoms with E-state index in [0.29, 0.717) is 34.2 Å². The third kappa shape index (κ3) is 7.01. The molecule has 1 atom stereocenters. The molecule has 2 aliphatic rings. The predicted octanol–water partition coefficient (Wildman–Crippen LogP) is 3.25. The molecule has 2 N–H and O–H groups in total.